The first kappa shape index (κ1) is 30.5. The third kappa shape index (κ3) is 6.87. The van der Waals surface area contributed by atoms with E-state index in [1.54, 1.807) is 12.1 Å². The Morgan fingerprint density at radius 3 is 2.54 bits per heavy atom. The smallest absolute Gasteiger partial charge is 0.229 e. The highest BCUT2D eigenvalue weighted by Gasteiger charge is 2.27. The molecule has 0 amide bonds. The van der Waals surface area contributed by atoms with Crippen molar-refractivity contribution < 1.29 is 13.5 Å². The maximum absolute atomic E-state index is 15.0. The zero-order valence-electron chi connectivity index (χ0n) is 24.9. The fraction of sp³-hybridized carbons (Fsp3) is 0.484. The fourth-order valence-corrected chi connectivity index (χ4v) is 5.63. The van der Waals surface area contributed by atoms with Gasteiger partial charge in [-0.3, -0.25) is 0 Å². The molecule has 1 aliphatic heterocycles. The third-order valence-electron chi connectivity index (χ3n) is 7.68. The number of aryl methyl sites for hydroxylation is 1. The highest BCUT2D eigenvalue weighted by molar-refractivity contribution is 5.83. The van der Waals surface area contributed by atoms with Crippen LogP contribution in [0.4, 0.5) is 14.7 Å². The number of fused-ring (bicyclic) bond motifs is 1. The van der Waals surface area contributed by atoms with Crippen LogP contribution in [0, 0.1) is 24.5 Å². The first-order chi connectivity index (χ1) is 19.7. The van der Waals surface area contributed by atoms with Gasteiger partial charge in [-0.1, -0.05) is 13.0 Å². The molecule has 0 saturated carbocycles. The summed E-state index contributed by atoms with van der Waals surface area (Å²) < 4.78 is 38.1. The number of ether oxygens (including phenoxy) is 1. The molecule has 1 N–H and O–H groups in total. The molecule has 0 radical (unpaired) electrons. The molecule has 1 aromatic carbocycles. The van der Waals surface area contributed by atoms with E-state index in [2.05, 4.69) is 50.7 Å². The number of aliphatic imine (C=N–C) groups is 1. The Morgan fingerprint density at radius 1 is 1.17 bits per heavy atom. The van der Waals surface area contributed by atoms with Crippen molar-refractivity contribution in [2.45, 2.75) is 66.5 Å². The minimum absolute atomic E-state index is 0.0164. The van der Waals surface area contributed by atoms with E-state index in [-0.39, 0.29) is 29.3 Å². The number of piperidine rings is 1. The van der Waals surface area contributed by atoms with E-state index < -0.39 is 11.6 Å². The van der Waals surface area contributed by atoms with Crippen LogP contribution < -0.4 is 5.32 Å². The second kappa shape index (κ2) is 13.4. The predicted molar refractivity (Wildman–Crippen MR) is 161 cm³/mol. The largest absolute Gasteiger partial charge is 0.374 e. The van der Waals surface area contributed by atoms with Crippen LogP contribution in [0.25, 0.3) is 22.3 Å². The summed E-state index contributed by atoms with van der Waals surface area (Å²) in [6.45, 7) is 19.6. The molecule has 1 aliphatic rings. The number of hydrogen-bond donors (Lipinski definition) is 1. The first-order valence-electron chi connectivity index (χ1n) is 14.3. The van der Waals surface area contributed by atoms with Gasteiger partial charge in [0.2, 0.25) is 5.95 Å². The van der Waals surface area contributed by atoms with Crippen molar-refractivity contribution in [1.82, 2.24) is 24.4 Å². The lowest BCUT2D eigenvalue weighted by Crippen LogP contribution is -2.39. The average molecular weight is 566 g/mol. The number of benzene rings is 1. The van der Waals surface area contributed by atoms with Gasteiger partial charge in [0.15, 0.2) is 11.6 Å². The van der Waals surface area contributed by atoms with Crippen molar-refractivity contribution in [3.8, 4) is 11.3 Å². The third-order valence-corrected chi connectivity index (χ3v) is 7.68. The van der Waals surface area contributed by atoms with Crippen molar-refractivity contribution in [3.05, 3.63) is 59.3 Å². The van der Waals surface area contributed by atoms with Crippen molar-refractivity contribution >= 4 is 23.7 Å². The number of allylic oxidation sites excluding steroid dienone is 2. The molecule has 4 rings (SSSR count). The lowest BCUT2D eigenvalue weighted by molar-refractivity contribution is 0.0198. The summed E-state index contributed by atoms with van der Waals surface area (Å²) in [6.07, 6.45) is 7.02. The summed E-state index contributed by atoms with van der Waals surface area (Å²) >= 11 is 0. The molecule has 1 atom stereocenters. The number of hydrogen-bond acceptors (Lipinski definition) is 7. The number of rotatable bonds is 11. The summed E-state index contributed by atoms with van der Waals surface area (Å²) in [6, 6.07) is 3.01. The standard InChI is InChI=1S/C31H41F2N7O/c1-8-39-14-12-22(13-15-39)30(41-9-2)20(5)10-11-27(34-7)37-31-35-18-25(33)28(38-31)23-16-24(32)29-26(17-23)40(19(3)4)21(6)36-29/h10-11,16-19,22,30H,7-9,12-15H2,1-6H3,(H,35,37,38)/b20-10+,27-11+/t30-/m1/s1. The molecule has 0 unspecified atom stereocenters. The second-order valence-electron chi connectivity index (χ2n) is 10.7. The molecule has 2 aromatic heterocycles. The van der Waals surface area contributed by atoms with Gasteiger partial charge in [-0.15, -0.1) is 0 Å². The van der Waals surface area contributed by atoms with E-state index in [0.717, 1.165) is 44.2 Å². The molecule has 41 heavy (non-hydrogen) atoms. The van der Waals surface area contributed by atoms with Gasteiger partial charge in [0, 0.05) is 18.2 Å². The summed E-state index contributed by atoms with van der Waals surface area (Å²) in [5.41, 5.74) is 2.19. The van der Waals surface area contributed by atoms with Gasteiger partial charge >= 0.3 is 0 Å². The minimum atomic E-state index is -0.664. The summed E-state index contributed by atoms with van der Waals surface area (Å²) in [4.78, 5) is 19.3. The maximum atomic E-state index is 15.0. The molecule has 0 bridgehead atoms. The van der Waals surface area contributed by atoms with Crippen LogP contribution in [0.2, 0.25) is 0 Å². The summed E-state index contributed by atoms with van der Waals surface area (Å²) in [5, 5.41) is 3.01. The van der Waals surface area contributed by atoms with E-state index >= 15 is 4.39 Å². The van der Waals surface area contributed by atoms with E-state index in [4.69, 9.17) is 4.74 Å². The van der Waals surface area contributed by atoms with E-state index in [0.29, 0.717) is 35.3 Å². The van der Waals surface area contributed by atoms with Crippen molar-refractivity contribution in [2.75, 3.05) is 31.6 Å². The average Bonchev–Trinajstić information content (AvgIpc) is 3.31. The molecule has 220 valence electrons. The Morgan fingerprint density at radius 2 is 1.90 bits per heavy atom. The number of halogens is 2. The highest BCUT2D eigenvalue weighted by atomic mass is 19.1. The van der Waals surface area contributed by atoms with Crippen LogP contribution in [0.3, 0.4) is 0 Å². The first-order valence-corrected chi connectivity index (χ1v) is 14.3. The SMILES string of the molecule is C=N/C(=C\C=C(/C)[C@@H](OCC)C1CCN(CC)CC1)Nc1ncc(F)c(-c2cc(F)c3nc(C)n(C(C)C)c3c2)n1. The zero-order chi connectivity index (χ0) is 29.7. The Labute approximate surface area is 241 Å². The van der Waals surface area contributed by atoms with Crippen LogP contribution in [0.15, 0.2) is 46.9 Å². The van der Waals surface area contributed by atoms with Crippen molar-refractivity contribution in [3.63, 3.8) is 0 Å². The monoisotopic (exact) mass is 565 g/mol. The molecule has 0 spiro atoms. The Hall–Kier alpha value is -3.50. The molecule has 1 saturated heterocycles. The lowest BCUT2D eigenvalue weighted by atomic mass is 9.87. The Bertz CT molecular complexity index is 1440. The van der Waals surface area contributed by atoms with Gasteiger partial charge in [-0.25, -0.2) is 28.7 Å². The van der Waals surface area contributed by atoms with E-state index in [1.165, 1.54) is 6.07 Å². The van der Waals surface area contributed by atoms with Crippen LogP contribution in [-0.4, -0.2) is 63.5 Å². The Kier molecular flexibility index (Phi) is 9.99. The lowest BCUT2D eigenvalue weighted by Gasteiger charge is -2.35. The number of aromatic nitrogens is 4. The van der Waals surface area contributed by atoms with Crippen molar-refractivity contribution in [2.24, 2.45) is 10.9 Å². The predicted octanol–water partition coefficient (Wildman–Crippen LogP) is 6.70. The van der Waals surface area contributed by atoms with Crippen LogP contribution in [0.5, 0.6) is 0 Å². The molecule has 3 heterocycles. The number of imidazole rings is 1. The van der Waals surface area contributed by atoms with Gasteiger partial charge in [-0.2, -0.15) is 0 Å². The molecular formula is C31H41F2N7O. The van der Waals surface area contributed by atoms with Gasteiger partial charge in [-0.05, 0) is 104 Å². The van der Waals surface area contributed by atoms with Crippen LogP contribution in [-0.2, 0) is 4.74 Å². The fourth-order valence-electron chi connectivity index (χ4n) is 5.63. The topological polar surface area (TPSA) is 80.5 Å². The normalized spacial score (nSPS) is 16.5. The van der Waals surface area contributed by atoms with E-state index in [1.807, 2.05) is 38.3 Å². The van der Waals surface area contributed by atoms with Gasteiger partial charge in [0.1, 0.15) is 22.9 Å². The molecule has 3 aromatic rings. The molecule has 1 fully saturated rings. The van der Waals surface area contributed by atoms with Gasteiger partial charge in [0.25, 0.3) is 0 Å². The van der Waals surface area contributed by atoms with Gasteiger partial charge in [0.05, 0.1) is 17.8 Å². The molecule has 0 aliphatic carbocycles. The summed E-state index contributed by atoms with van der Waals surface area (Å²) in [7, 11) is 0. The van der Waals surface area contributed by atoms with Crippen LogP contribution in [0.1, 0.15) is 59.3 Å². The minimum Gasteiger partial charge on any atom is -0.374 e. The highest BCUT2D eigenvalue weighted by Crippen LogP contribution is 2.31. The number of anilines is 1. The van der Waals surface area contributed by atoms with Crippen LogP contribution >= 0.6 is 0 Å². The molecular weight excluding hydrogens is 524 g/mol. The molecule has 10 heteroatoms. The zero-order valence-corrected chi connectivity index (χ0v) is 24.9. The second-order valence-corrected chi connectivity index (χ2v) is 10.7. The molecule has 8 nitrogen and oxygen atoms in total. The number of nitrogens with one attached hydrogen (secondary N) is 1. The quantitative estimate of drug-likeness (QED) is 0.206. The number of likely N-dealkylation sites (tertiary alicyclic amines) is 1. The maximum Gasteiger partial charge on any atom is 0.229 e. The Balaban J connectivity index is 1.59. The summed E-state index contributed by atoms with van der Waals surface area (Å²) in [5.74, 6) is 0.451. The van der Waals surface area contributed by atoms with Crippen molar-refractivity contribution in [1.29, 1.82) is 0 Å². The van der Waals surface area contributed by atoms with Gasteiger partial charge < -0.3 is 19.5 Å². The van der Waals surface area contributed by atoms with E-state index in [9.17, 15) is 4.39 Å². The number of nitrogens with zero attached hydrogens (tertiary/aromatic N) is 6.